The van der Waals surface area contributed by atoms with Crippen molar-refractivity contribution in [2.24, 2.45) is 68.3 Å². The predicted octanol–water partition coefficient (Wildman–Crippen LogP) is 5.15. The highest BCUT2D eigenvalue weighted by molar-refractivity contribution is 5.19. The number of hydrogen-bond donors (Lipinski definition) is 7. The Morgan fingerprint density at radius 1 is 0.725 bits per heavy atom. The molecule has 0 bridgehead atoms. The molecule has 296 valence electrons. The van der Waals surface area contributed by atoms with E-state index in [0.29, 0.717) is 51.2 Å². The molecule has 0 amide bonds. The second kappa shape index (κ2) is 14.6. The van der Waals surface area contributed by atoms with Crippen molar-refractivity contribution in [2.45, 2.75) is 187 Å². The molecule has 0 radical (unpaired) electrons. The number of fused-ring (bicyclic) bond motifs is 7. The molecule has 6 rings (SSSR count). The maximum absolute atomic E-state index is 11.0. The number of rotatable bonds is 11. The van der Waals surface area contributed by atoms with E-state index in [1.54, 1.807) is 0 Å². The summed E-state index contributed by atoms with van der Waals surface area (Å²) in [6.07, 6.45) is 7.89. The molecule has 51 heavy (non-hydrogen) atoms. The molecular weight excluding hydrogens is 646 g/mol. The molecule has 0 aromatic rings. The second-order valence-corrected chi connectivity index (χ2v) is 20.4. The summed E-state index contributed by atoms with van der Waals surface area (Å²) in [7, 11) is 0. The summed E-state index contributed by atoms with van der Waals surface area (Å²) in [6.45, 7) is 17.8. The van der Waals surface area contributed by atoms with Crippen LogP contribution in [-0.2, 0) is 9.47 Å². The fourth-order valence-corrected chi connectivity index (χ4v) is 14.8. The van der Waals surface area contributed by atoms with Crippen LogP contribution >= 0.6 is 0 Å². The van der Waals surface area contributed by atoms with Gasteiger partial charge in [0, 0.05) is 0 Å². The topological polar surface area (TPSA) is 166 Å². The van der Waals surface area contributed by atoms with E-state index in [2.05, 4.69) is 48.5 Å². The van der Waals surface area contributed by atoms with Crippen LogP contribution in [0.2, 0.25) is 0 Å². The molecule has 1 unspecified atom stereocenters. The van der Waals surface area contributed by atoms with Crippen LogP contribution in [0, 0.1) is 62.6 Å². The fraction of sp³-hybridized carbons (Fsp3) is 1.00. The molecule has 1 saturated heterocycles. The summed E-state index contributed by atoms with van der Waals surface area (Å²) in [5.74, 6) is 4.20. The molecule has 0 aromatic carbocycles. The molecule has 9 heteroatoms. The Balaban J connectivity index is 1.02. The minimum absolute atomic E-state index is 0.0311. The Morgan fingerprint density at radius 3 is 2.02 bits per heavy atom. The van der Waals surface area contributed by atoms with E-state index in [9.17, 15) is 30.6 Å². The number of aliphatic hydroxyl groups excluding tert-OH is 6. The first kappa shape index (κ1) is 40.3. The van der Waals surface area contributed by atoms with Crippen molar-refractivity contribution >= 4 is 0 Å². The standard InChI is InChI=1S/C42H75NO8/c1-24(9-10-27(45)34(47)28(46)16-22-50-37-33(43)36(49)35(48)29(23-44)51-37)25-13-19-39(4)26(25)14-20-41(6)31(39)11-12-32-40(5)18-8-17-38(2,3)30(40)15-21-42(32,41)7/h24-37,44-49H,8-23,43H2,1-7H3/t24?,25-,26+,27-,28+,29-,30+,31-,32-,33-,34-,35-,36-,37-,39+,40+,41-,42-/m1/s1. The van der Waals surface area contributed by atoms with Gasteiger partial charge in [0.25, 0.3) is 0 Å². The van der Waals surface area contributed by atoms with Crippen LogP contribution in [0.25, 0.3) is 0 Å². The second-order valence-electron chi connectivity index (χ2n) is 20.4. The molecule has 6 fully saturated rings. The lowest BCUT2D eigenvalue weighted by Crippen LogP contribution is -2.65. The van der Waals surface area contributed by atoms with E-state index in [0.717, 1.165) is 24.2 Å². The van der Waals surface area contributed by atoms with Crippen molar-refractivity contribution in [1.29, 1.82) is 0 Å². The molecule has 1 aliphatic heterocycles. The molecule has 5 saturated carbocycles. The zero-order chi connectivity index (χ0) is 37.3. The Labute approximate surface area is 308 Å². The molecule has 18 atom stereocenters. The monoisotopic (exact) mass is 722 g/mol. The maximum atomic E-state index is 11.0. The van der Waals surface area contributed by atoms with Gasteiger partial charge in [-0.05, 0) is 146 Å². The van der Waals surface area contributed by atoms with Gasteiger partial charge in [-0.2, -0.15) is 0 Å². The van der Waals surface area contributed by atoms with Crippen LogP contribution in [0.4, 0.5) is 0 Å². The van der Waals surface area contributed by atoms with Crippen LogP contribution in [0.1, 0.15) is 138 Å². The Morgan fingerprint density at radius 2 is 1.35 bits per heavy atom. The molecule has 0 spiro atoms. The zero-order valence-electron chi connectivity index (χ0n) is 33.0. The van der Waals surface area contributed by atoms with Crippen molar-refractivity contribution < 1.29 is 40.1 Å². The van der Waals surface area contributed by atoms with Crippen molar-refractivity contribution in [2.75, 3.05) is 13.2 Å². The van der Waals surface area contributed by atoms with E-state index >= 15 is 0 Å². The number of ether oxygens (including phenoxy) is 2. The van der Waals surface area contributed by atoms with Gasteiger partial charge in [0.05, 0.1) is 31.5 Å². The highest BCUT2D eigenvalue weighted by Gasteiger charge is 2.70. The molecule has 5 aliphatic carbocycles. The first-order valence-corrected chi connectivity index (χ1v) is 20.9. The summed E-state index contributed by atoms with van der Waals surface area (Å²) in [5.41, 5.74) is 8.00. The highest BCUT2D eigenvalue weighted by atomic mass is 16.7. The van der Waals surface area contributed by atoms with E-state index in [1.807, 2.05) is 0 Å². The average Bonchev–Trinajstić information content (AvgIpc) is 3.43. The van der Waals surface area contributed by atoms with E-state index in [1.165, 1.54) is 70.6 Å². The molecular formula is C42H75NO8. The van der Waals surface area contributed by atoms with Crippen LogP contribution in [0.5, 0.6) is 0 Å². The molecule has 0 aromatic heterocycles. The lowest BCUT2D eigenvalue weighted by atomic mass is 9.32. The number of hydrogen-bond acceptors (Lipinski definition) is 9. The SMILES string of the molecule is CC(CC[C@@H](O)[C@@H](O)[C@@H](O)CCO[C@@H]1O[C@H](CO)[C@@H](O)[C@H](O)[C@H]1N)[C@H]1CC[C@]2(C)[C@H]3CC[C@@H]4[C@@]5(C)CCCC(C)(C)[C@@H]5CC[C@@]4(C)[C@]3(C)CC[C@@H]12. The highest BCUT2D eigenvalue weighted by Crippen LogP contribution is 2.78. The van der Waals surface area contributed by atoms with Gasteiger partial charge in [-0.1, -0.05) is 54.9 Å². The van der Waals surface area contributed by atoms with Gasteiger partial charge in [0.2, 0.25) is 0 Å². The van der Waals surface area contributed by atoms with Gasteiger partial charge in [0.1, 0.15) is 24.4 Å². The first-order chi connectivity index (χ1) is 23.9. The van der Waals surface area contributed by atoms with Crippen LogP contribution in [-0.4, -0.2) is 92.8 Å². The Hall–Kier alpha value is -0.360. The Bertz CT molecular complexity index is 1200. The van der Waals surface area contributed by atoms with Gasteiger partial charge in [-0.3, -0.25) is 0 Å². The van der Waals surface area contributed by atoms with Crippen LogP contribution in [0.15, 0.2) is 0 Å². The van der Waals surface area contributed by atoms with E-state index in [-0.39, 0.29) is 13.0 Å². The zero-order valence-corrected chi connectivity index (χ0v) is 33.0. The summed E-state index contributed by atoms with van der Waals surface area (Å²) in [6, 6.07) is -1.03. The summed E-state index contributed by atoms with van der Waals surface area (Å²) in [5, 5.41) is 62.0. The van der Waals surface area contributed by atoms with Crippen LogP contribution in [0.3, 0.4) is 0 Å². The third-order valence-corrected chi connectivity index (χ3v) is 17.8. The van der Waals surface area contributed by atoms with Crippen molar-refractivity contribution in [3.8, 4) is 0 Å². The van der Waals surface area contributed by atoms with Gasteiger partial charge < -0.3 is 45.8 Å². The molecule has 9 nitrogen and oxygen atoms in total. The summed E-state index contributed by atoms with van der Waals surface area (Å²) in [4.78, 5) is 0. The quantitative estimate of drug-likeness (QED) is 0.153. The maximum Gasteiger partial charge on any atom is 0.175 e. The first-order valence-electron chi connectivity index (χ1n) is 20.9. The minimum atomic E-state index is -1.33. The van der Waals surface area contributed by atoms with Crippen molar-refractivity contribution in [1.82, 2.24) is 0 Å². The number of nitrogens with two attached hydrogens (primary N) is 1. The lowest BCUT2D eigenvalue weighted by Gasteiger charge is -2.73. The average molecular weight is 722 g/mol. The summed E-state index contributed by atoms with van der Waals surface area (Å²) < 4.78 is 11.1. The van der Waals surface area contributed by atoms with E-state index in [4.69, 9.17) is 15.2 Å². The van der Waals surface area contributed by atoms with Gasteiger partial charge in [-0.15, -0.1) is 0 Å². The van der Waals surface area contributed by atoms with Crippen molar-refractivity contribution in [3.63, 3.8) is 0 Å². The third-order valence-electron chi connectivity index (χ3n) is 17.8. The smallest absolute Gasteiger partial charge is 0.175 e. The normalized spacial score (nSPS) is 50.2. The molecule has 6 aliphatic rings. The molecule has 8 N–H and O–H groups in total. The Kier molecular flexibility index (Phi) is 11.6. The van der Waals surface area contributed by atoms with Crippen molar-refractivity contribution in [3.05, 3.63) is 0 Å². The van der Waals surface area contributed by atoms with Crippen LogP contribution < -0.4 is 5.73 Å². The van der Waals surface area contributed by atoms with Gasteiger partial charge in [-0.25, -0.2) is 0 Å². The third kappa shape index (κ3) is 6.60. The largest absolute Gasteiger partial charge is 0.394 e. The van der Waals surface area contributed by atoms with E-state index < -0.39 is 55.6 Å². The fourth-order valence-electron chi connectivity index (χ4n) is 14.8. The minimum Gasteiger partial charge on any atom is -0.394 e. The molecule has 1 heterocycles. The predicted molar refractivity (Wildman–Crippen MR) is 197 cm³/mol. The number of aliphatic hydroxyl groups is 6. The van der Waals surface area contributed by atoms with Gasteiger partial charge >= 0.3 is 0 Å². The van der Waals surface area contributed by atoms with Gasteiger partial charge in [0.15, 0.2) is 6.29 Å². The summed E-state index contributed by atoms with van der Waals surface area (Å²) >= 11 is 0. The lowest BCUT2D eigenvalue weighted by molar-refractivity contribution is -0.267.